The van der Waals surface area contributed by atoms with E-state index in [1.54, 1.807) is 0 Å². The molecule has 4 nitrogen and oxygen atoms in total. The van der Waals surface area contributed by atoms with E-state index in [1.165, 1.54) is 0 Å². The van der Waals surface area contributed by atoms with Crippen molar-refractivity contribution in [1.82, 2.24) is 5.32 Å². The number of amides is 1. The summed E-state index contributed by atoms with van der Waals surface area (Å²) in [4.78, 5) is 12.4. The normalized spacial score (nSPS) is 14.7. The molecule has 0 saturated heterocycles. The van der Waals surface area contributed by atoms with Crippen molar-refractivity contribution >= 4 is 5.91 Å². The molecule has 20 heavy (non-hydrogen) atoms. The third kappa shape index (κ3) is 5.31. The van der Waals surface area contributed by atoms with E-state index in [-0.39, 0.29) is 18.6 Å². The van der Waals surface area contributed by atoms with Crippen molar-refractivity contribution in [2.24, 2.45) is 0 Å². The Morgan fingerprint density at radius 2 is 1.90 bits per heavy atom. The van der Waals surface area contributed by atoms with Gasteiger partial charge in [-0.3, -0.25) is 4.79 Å². The highest BCUT2D eigenvalue weighted by atomic mass is 16.5. The van der Waals surface area contributed by atoms with Crippen LogP contribution in [0.15, 0.2) is 30.3 Å². The second-order valence-electron chi connectivity index (χ2n) is 5.82. The minimum Gasteiger partial charge on any atom is -0.394 e. The van der Waals surface area contributed by atoms with E-state index in [2.05, 4.69) is 5.32 Å². The molecule has 0 heterocycles. The molecule has 2 N–H and O–H groups in total. The Hall–Kier alpha value is -1.39. The van der Waals surface area contributed by atoms with Gasteiger partial charge in [0.1, 0.15) is 0 Å². The Bertz CT molecular complexity index is 407. The lowest BCUT2D eigenvalue weighted by atomic mass is 10.1. The summed E-state index contributed by atoms with van der Waals surface area (Å²) in [5.41, 5.74) is 0.381. The lowest BCUT2D eigenvalue weighted by Gasteiger charge is -2.28. The van der Waals surface area contributed by atoms with Crippen molar-refractivity contribution < 1.29 is 14.6 Å². The van der Waals surface area contributed by atoms with Crippen molar-refractivity contribution in [3.63, 3.8) is 0 Å². The lowest BCUT2D eigenvalue weighted by Crippen LogP contribution is -2.42. The van der Waals surface area contributed by atoms with Crippen molar-refractivity contribution in [2.45, 2.75) is 51.9 Å². The van der Waals surface area contributed by atoms with Crippen LogP contribution in [0, 0.1) is 0 Å². The summed E-state index contributed by atoms with van der Waals surface area (Å²) in [7, 11) is 0. The zero-order valence-electron chi connectivity index (χ0n) is 12.7. The third-order valence-corrected chi connectivity index (χ3v) is 2.87. The van der Waals surface area contributed by atoms with Gasteiger partial charge in [-0.2, -0.15) is 0 Å². The molecule has 0 aromatic heterocycles. The molecular formula is C16H25NO3. The molecule has 2 unspecified atom stereocenters. The monoisotopic (exact) mass is 279 g/mol. The Kier molecular flexibility index (Phi) is 6.17. The molecule has 112 valence electrons. The fourth-order valence-corrected chi connectivity index (χ4v) is 1.81. The molecule has 0 spiro atoms. The van der Waals surface area contributed by atoms with Crippen molar-refractivity contribution in [2.75, 3.05) is 6.61 Å². The van der Waals surface area contributed by atoms with Crippen LogP contribution in [0.3, 0.4) is 0 Å². The second-order valence-corrected chi connectivity index (χ2v) is 5.82. The van der Waals surface area contributed by atoms with Crippen LogP contribution in [-0.4, -0.2) is 29.3 Å². The molecule has 4 heteroatoms. The molecule has 2 atom stereocenters. The summed E-state index contributed by atoms with van der Waals surface area (Å²) >= 11 is 0. The first kappa shape index (κ1) is 16.7. The lowest BCUT2D eigenvalue weighted by molar-refractivity contribution is -0.144. The van der Waals surface area contributed by atoms with Crippen LogP contribution in [0.25, 0.3) is 0 Å². The average Bonchev–Trinajstić information content (AvgIpc) is 2.42. The van der Waals surface area contributed by atoms with Gasteiger partial charge in [-0.1, -0.05) is 37.3 Å². The average molecular weight is 279 g/mol. The highest BCUT2D eigenvalue weighted by Gasteiger charge is 2.27. The van der Waals surface area contributed by atoms with Crippen LogP contribution in [0.5, 0.6) is 0 Å². The van der Waals surface area contributed by atoms with Gasteiger partial charge in [0.15, 0.2) is 6.10 Å². The van der Waals surface area contributed by atoms with Crippen molar-refractivity contribution in [1.29, 1.82) is 0 Å². The largest absolute Gasteiger partial charge is 0.394 e. The van der Waals surface area contributed by atoms with Crippen LogP contribution in [0.4, 0.5) is 0 Å². The summed E-state index contributed by atoms with van der Waals surface area (Å²) in [6.45, 7) is 7.60. The van der Waals surface area contributed by atoms with Crippen molar-refractivity contribution in [3.05, 3.63) is 35.9 Å². The van der Waals surface area contributed by atoms with E-state index in [0.29, 0.717) is 6.42 Å². The summed E-state index contributed by atoms with van der Waals surface area (Å²) < 4.78 is 5.88. The maximum Gasteiger partial charge on any atom is 0.254 e. The molecule has 0 bridgehead atoms. The summed E-state index contributed by atoms with van der Waals surface area (Å²) in [6, 6.07) is 9.16. The van der Waals surface area contributed by atoms with E-state index in [1.807, 2.05) is 58.0 Å². The van der Waals surface area contributed by atoms with Gasteiger partial charge in [0.05, 0.1) is 18.2 Å². The van der Waals surface area contributed by atoms with Gasteiger partial charge in [0, 0.05) is 0 Å². The van der Waals surface area contributed by atoms with Gasteiger partial charge in [0.25, 0.3) is 5.91 Å². The molecule has 0 saturated carbocycles. The van der Waals surface area contributed by atoms with E-state index < -0.39 is 11.7 Å². The Balaban J connectivity index is 2.90. The first-order valence-corrected chi connectivity index (χ1v) is 7.01. The summed E-state index contributed by atoms with van der Waals surface area (Å²) in [5.74, 6) is -0.216. The number of ether oxygens (including phenoxy) is 1. The topological polar surface area (TPSA) is 58.6 Å². The van der Waals surface area contributed by atoms with Gasteiger partial charge in [0.2, 0.25) is 0 Å². The molecular weight excluding hydrogens is 254 g/mol. The summed E-state index contributed by atoms with van der Waals surface area (Å²) in [6.07, 6.45) is 0.0102. The van der Waals surface area contributed by atoms with E-state index in [9.17, 15) is 9.90 Å². The Morgan fingerprint density at radius 1 is 1.30 bits per heavy atom. The number of benzene rings is 1. The number of carbonyl (C=O) groups is 1. The smallest absolute Gasteiger partial charge is 0.254 e. The van der Waals surface area contributed by atoms with Gasteiger partial charge in [-0.15, -0.1) is 0 Å². The molecule has 0 aliphatic carbocycles. The zero-order valence-corrected chi connectivity index (χ0v) is 12.7. The standard InChI is InChI=1S/C16H25NO3/c1-5-13(11-18)17-15(19)14(20-16(2,3)4)12-9-7-6-8-10-12/h6-10,13-14,18H,5,11H2,1-4H3,(H,17,19). The number of hydrogen-bond acceptors (Lipinski definition) is 3. The number of aliphatic hydroxyl groups is 1. The molecule has 0 radical (unpaired) electrons. The van der Waals surface area contributed by atoms with E-state index in [4.69, 9.17) is 4.74 Å². The van der Waals surface area contributed by atoms with Gasteiger partial charge < -0.3 is 15.2 Å². The number of hydrogen-bond donors (Lipinski definition) is 2. The fraction of sp³-hybridized carbons (Fsp3) is 0.562. The quantitative estimate of drug-likeness (QED) is 0.841. The highest BCUT2D eigenvalue weighted by Crippen LogP contribution is 2.24. The number of carbonyl (C=O) groups excluding carboxylic acids is 1. The van der Waals surface area contributed by atoms with Crippen LogP contribution >= 0.6 is 0 Å². The van der Waals surface area contributed by atoms with Crippen molar-refractivity contribution in [3.8, 4) is 0 Å². The van der Waals surface area contributed by atoms with Gasteiger partial charge in [-0.25, -0.2) is 0 Å². The first-order chi connectivity index (χ1) is 9.37. The van der Waals surface area contributed by atoms with Crippen LogP contribution in [0.2, 0.25) is 0 Å². The maximum absolute atomic E-state index is 12.4. The molecule has 0 aliphatic heterocycles. The Morgan fingerprint density at radius 3 is 2.35 bits per heavy atom. The Labute approximate surface area is 121 Å². The number of nitrogens with one attached hydrogen (secondary N) is 1. The first-order valence-electron chi connectivity index (χ1n) is 7.01. The molecule has 0 aliphatic rings. The predicted octanol–water partition coefficient (Wildman–Crippen LogP) is 2.43. The highest BCUT2D eigenvalue weighted by molar-refractivity contribution is 5.82. The minimum absolute atomic E-state index is 0.0702. The second kappa shape index (κ2) is 7.41. The zero-order chi connectivity index (χ0) is 15.2. The minimum atomic E-state index is -0.670. The molecule has 1 rings (SSSR count). The summed E-state index contributed by atoms with van der Waals surface area (Å²) in [5, 5.41) is 12.0. The predicted molar refractivity (Wildman–Crippen MR) is 79.3 cm³/mol. The van der Waals surface area contributed by atoms with E-state index in [0.717, 1.165) is 5.56 Å². The molecule has 0 fully saturated rings. The van der Waals surface area contributed by atoms with Gasteiger partial charge >= 0.3 is 0 Å². The van der Waals surface area contributed by atoms with Crippen LogP contribution in [0.1, 0.15) is 45.8 Å². The number of rotatable bonds is 6. The molecule has 1 aromatic carbocycles. The molecule has 1 aromatic rings. The number of aliphatic hydroxyl groups excluding tert-OH is 1. The maximum atomic E-state index is 12.4. The fourth-order valence-electron chi connectivity index (χ4n) is 1.81. The third-order valence-electron chi connectivity index (χ3n) is 2.87. The molecule has 1 amide bonds. The van der Waals surface area contributed by atoms with E-state index >= 15 is 0 Å². The van der Waals surface area contributed by atoms with Gasteiger partial charge in [-0.05, 0) is 32.8 Å². The van der Waals surface area contributed by atoms with Crippen LogP contribution < -0.4 is 5.32 Å². The SMILES string of the molecule is CCC(CO)NC(=O)C(OC(C)(C)C)c1ccccc1. The van der Waals surface area contributed by atoms with Crippen LogP contribution in [-0.2, 0) is 9.53 Å².